The van der Waals surface area contributed by atoms with Gasteiger partial charge in [0.2, 0.25) is 81.7 Å². The second kappa shape index (κ2) is 45.7. The number of ketones is 8. The van der Waals surface area contributed by atoms with Crippen LogP contribution in [0.15, 0.2) is 420 Å². The predicted octanol–water partition coefficient (Wildman–Crippen LogP) is 19.5. The summed E-state index contributed by atoms with van der Waals surface area (Å²) in [6.45, 7) is 3.06. The fourth-order valence-electron chi connectivity index (χ4n) is 20.1. The average molecular weight is 2200 g/mol. The van der Waals surface area contributed by atoms with Crippen molar-refractivity contribution in [3.05, 3.63) is 549 Å². The number of H-pyrrole nitrogens is 1. The van der Waals surface area contributed by atoms with Gasteiger partial charge in [0.25, 0.3) is 0 Å². The average Bonchev–Trinajstić information content (AvgIpc) is 1.58. The van der Waals surface area contributed by atoms with Gasteiger partial charge in [-0.3, -0.25) is 38.4 Å². The van der Waals surface area contributed by atoms with Gasteiger partial charge in [0.05, 0.1) is 38.8 Å². The Morgan fingerprint density at radius 2 is 0.466 bits per heavy atom. The van der Waals surface area contributed by atoms with Crippen LogP contribution in [0.3, 0.4) is 0 Å². The number of alkyl halides is 2. The number of carbonyl (C=O) groups excluding carboxylic acids is 8. The third-order valence-electron chi connectivity index (χ3n) is 27.7. The summed E-state index contributed by atoms with van der Waals surface area (Å²) in [7, 11) is 0. The molecule has 0 aliphatic heterocycles. The Kier molecular flexibility index (Phi) is 31.0. The first-order valence-corrected chi connectivity index (χ1v) is 51.4. The van der Waals surface area contributed by atoms with E-state index in [-0.39, 0.29) is 91.6 Å². The third kappa shape index (κ3) is 21.4. The first kappa shape index (κ1) is 101. The molecule has 18 aromatic carbocycles. The molecule has 4 aromatic heterocycles. The minimum absolute atomic E-state index is 0. The molecule has 0 spiro atoms. The Balaban J connectivity index is 0.000000118. The van der Waals surface area contributed by atoms with Crippen molar-refractivity contribution in [3.63, 3.8) is 0 Å². The monoisotopic (exact) mass is 2190 g/mol. The molecule has 0 fully saturated rings. The highest BCUT2D eigenvalue weighted by molar-refractivity contribution is 9.09. The highest BCUT2D eigenvalue weighted by Crippen LogP contribution is 2.34. The third-order valence-corrected chi connectivity index (χ3v) is 28.5. The number of nitrogens with zero attached hydrogens (tertiary/aromatic N) is 7. The largest absolute Gasteiger partial charge is 1.00 e. The number of hydrogen-bond donors (Lipinski definition) is 1. The predicted molar refractivity (Wildman–Crippen MR) is 584 cm³/mol. The Bertz CT molecular complexity index is 8230. The summed E-state index contributed by atoms with van der Waals surface area (Å²) in [6.07, 6.45) is 12.9. The molecule has 4 aliphatic rings. The van der Waals surface area contributed by atoms with Gasteiger partial charge < -0.3 is 43.5 Å². The van der Waals surface area contributed by atoms with Crippen molar-refractivity contribution >= 4 is 154 Å². The topological polar surface area (TPSA) is 201 Å². The lowest BCUT2D eigenvalue weighted by Gasteiger charge is -2.15. The van der Waals surface area contributed by atoms with E-state index in [0.29, 0.717) is 111 Å². The second-order valence-electron chi connectivity index (χ2n) is 36.9. The molecule has 0 atom stereocenters. The Hall–Kier alpha value is -16.1. The lowest BCUT2D eigenvalue weighted by molar-refractivity contribution is -0.697. The zero-order valence-electron chi connectivity index (χ0n) is 80.6. The van der Waals surface area contributed by atoms with Crippen LogP contribution < -0.4 is 43.1 Å². The quantitative estimate of drug-likeness (QED) is 0.0600. The Morgan fingerprint density at radius 3 is 0.764 bits per heavy atom. The van der Waals surface area contributed by atoms with E-state index in [1.807, 2.05) is 91.6 Å². The molecule has 148 heavy (non-hydrogen) atoms. The van der Waals surface area contributed by atoms with E-state index in [2.05, 4.69) is 308 Å². The van der Waals surface area contributed by atoms with Crippen molar-refractivity contribution in [2.75, 3.05) is 10.7 Å². The van der Waals surface area contributed by atoms with Gasteiger partial charge in [-0.2, -0.15) is 0 Å². The molecule has 26 rings (SSSR count). The van der Waals surface area contributed by atoms with E-state index < -0.39 is 0 Å². The Morgan fingerprint density at radius 1 is 0.230 bits per heavy atom. The molecule has 4 aliphatic carbocycles. The lowest BCUT2D eigenvalue weighted by atomic mass is 9.89. The summed E-state index contributed by atoms with van der Waals surface area (Å²) in [6, 6.07) is 132. The SMILES string of the molecule is BrCCc1ccc2ccccc2c1.BrCCc1ccc2ccccc2c1.O=C1c2ccccc2C(=O)c2[nH]cnc21.O=C1c2ccccc2C(=O)c2c1n(CCc1ccc3ccccc3c1)c[n+]2CCc1ccc2ccccc2c1.O=C1c2ccccc2C(=O)c2c1n(CCc1ccc3ccccc3c1)c[n+]2CCc1ccc2ccccc2c1.O=C1c2ccccc2C(=O)c2c1ncn2CCc1ccc2ccccc2c1.[Br-].[Br-]. The van der Waals surface area contributed by atoms with Gasteiger partial charge in [0.1, 0.15) is 22.8 Å². The maximum Gasteiger partial charge on any atom is 0.244 e. The van der Waals surface area contributed by atoms with Crippen molar-refractivity contribution < 1.29 is 81.5 Å². The fraction of sp³-hybridized carbons (Fsp3) is 0.109. The summed E-state index contributed by atoms with van der Waals surface area (Å²) < 4.78 is 9.76. The number of halogens is 4. The maximum atomic E-state index is 13.7. The number of carbonyl (C=O) groups is 8. The lowest BCUT2D eigenvalue weighted by Crippen LogP contribution is -3.00. The summed E-state index contributed by atoms with van der Waals surface area (Å²) in [4.78, 5) is 115. The number of aryl methyl sites for hydroxylation is 12. The molecule has 16 nitrogen and oxygen atoms in total. The van der Waals surface area contributed by atoms with Crippen molar-refractivity contribution in [1.82, 2.24) is 28.7 Å². The van der Waals surface area contributed by atoms with Gasteiger partial charge in [0, 0.05) is 87.4 Å². The van der Waals surface area contributed by atoms with Crippen LogP contribution >= 0.6 is 31.9 Å². The van der Waals surface area contributed by atoms with Gasteiger partial charge in [-0.15, -0.1) is 0 Å². The van der Waals surface area contributed by atoms with Gasteiger partial charge in [-0.05, 0) is 134 Å². The van der Waals surface area contributed by atoms with E-state index in [4.69, 9.17) is 0 Å². The van der Waals surface area contributed by atoms with E-state index in [1.54, 1.807) is 83.7 Å². The molecule has 0 saturated heterocycles. The van der Waals surface area contributed by atoms with Crippen LogP contribution in [0, 0.1) is 0 Å². The highest BCUT2D eigenvalue weighted by Gasteiger charge is 2.43. The van der Waals surface area contributed by atoms with E-state index in [1.165, 1.54) is 121 Å². The van der Waals surface area contributed by atoms with Crippen molar-refractivity contribution in [2.24, 2.45) is 0 Å². The molecular weight excluding hydrogens is 2100 g/mol. The normalized spacial score (nSPS) is 12.2. The zero-order chi connectivity index (χ0) is 99.7. The van der Waals surface area contributed by atoms with Crippen LogP contribution in [0.5, 0.6) is 0 Å². The summed E-state index contributed by atoms with van der Waals surface area (Å²) in [5.41, 5.74) is 15.7. The smallest absolute Gasteiger partial charge is 0.244 e. The van der Waals surface area contributed by atoms with E-state index in [0.717, 1.165) is 55.6 Å². The number of benzene rings is 18. The van der Waals surface area contributed by atoms with Crippen LogP contribution in [0.2, 0.25) is 0 Å². The van der Waals surface area contributed by atoms with Gasteiger partial charge in [0.15, 0.2) is 0 Å². The van der Waals surface area contributed by atoms with Gasteiger partial charge in [-0.1, -0.05) is 426 Å². The zero-order valence-corrected chi connectivity index (χ0v) is 87.0. The number of rotatable bonds is 19. The van der Waals surface area contributed by atoms with Crippen molar-refractivity contribution in [1.29, 1.82) is 0 Å². The number of aromatic amines is 1. The van der Waals surface area contributed by atoms with Crippen molar-refractivity contribution in [2.45, 2.75) is 77.7 Å². The number of aromatic nitrogens is 8. The molecular formula is C128H98Br4N8O8. The summed E-state index contributed by atoms with van der Waals surface area (Å²) >= 11 is 6.90. The molecule has 20 heteroatoms. The van der Waals surface area contributed by atoms with E-state index in [9.17, 15) is 38.4 Å². The molecule has 0 radical (unpaired) electrons. The van der Waals surface area contributed by atoms with Crippen LogP contribution in [0.25, 0.3) is 75.4 Å². The number of imidazole rings is 4. The van der Waals surface area contributed by atoms with Gasteiger partial charge in [-0.25, -0.2) is 28.2 Å². The van der Waals surface area contributed by atoms with Crippen LogP contribution in [-0.4, -0.2) is 85.6 Å². The second-order valence-corrected chi connectivity index (χ2v) is 38.5. The minimum Gasteiger partial charge on any atom is -1.00 e. The minimum atomic E-state index is -0.193. The van der Waals surface area contributed by atoms with E-state index >= 15 is 0 Å². The summed E-state index contributed by atoms with van der Waals surface area (Å²) in [5, 5.41) is 19.4. The molecule has 0 unspecified atom stereocenters. The summed E-state index contributed by atoms with van der Waals surface area (Å²) in [5.74, 6) is -0.988. The molecule has 1 N–H and O–H groups in total. The van der Waals surface area contributed by atoms with Gasteiger partial charge >= 0.3 is 0 Å². The standard InChI is InChI=1S/2C35H27N2O2.C23H16N2O2.2C12H11Br.C11H6N2O2.2BrH/c2*38-34-30-11-5-6-12-31(30)35(39)33-32(34)36(19-17-24-13-15-26-7-1-3-9-28(26)21-24)23-37(33)20-18-25-14-16-27-8-2-4-10-29(27)22-25;26-22-18-7-3-4-8-19(18)23(27)21-20(22)24-14-25(21)12-11-15-9-10-16-5-1-2-6-17(16)13-15;2*13-8-7-10-5-6-11-3-1-2-4-12(11)9-10;14-10-6-3-1-2-4-7(6)11(15)9-8(10)12-5-13-9;;/h2*1-16,21-23H,17-20H2;1-10,13-14H,11-12H2;2*1-6,9H,7-8H2;1-5H,(H,12,13);2*1H/q2*+1;;;;;;/p-2. The molecule has 0 amide bonds. The van der Waals surface area contributed by atoms with Crippen LogP contribution in [0.1, 0.15) is 167 Å². The van der Waals surface area contributed by atoms with Crippen LogP contribution in [0.4, 0.5) is 0 Å². The first-order chi connectivity index (χ1) is 71.6. The molecule has 0 bridgehead atoms. The number of hydrogen-bond acceptors (Lipinski definition) is 10. The molecule has 4 heterocycles. The molecule has 22 aromatic rings. The first-order valence-electron chi connectivity index (χ1n) is 49.2. The maximum absolute atomic E-state index is 13.7. The number of fused-ring (bicyclic) bond motifs is 15. The number of nitrogens with one attached hydrogen (secondary N) is 1. The molecule has 726 valence electrons. The fourth-order valence-corrected chi connectivity index (χ4v) is 21.0. The molecule has 0 saturated carbocycles. The van der Waals surface area contributed by atoms with Crippen molar-refractivity contribution in [3.8, 4) is 0 Å². The Labute approximate surface area is 893 Å². The van der Waals surface area contributed by atoms with Crippen LogP contribution in [-0.2, 0) is 77.7 Å². The highest BCUT2D eigenvalue weighted by atomic mass is 79.9.